The quantitative estimate of drug-likeness (QED) is 0.868. The molecule has 24 heavy (non-hydrogen) atoms. The Morgan fingerprint density at radius 2 is 2.00 bits per heavy atom. The van der Waals surface area contributed by atoms with E-state index in [2.05, 4.69) is 5.10 Å². The standard InChI is InChI=1S/C17H26N4O3/c1-13-11-14(2)21(18-13)12-15(23)20-8-4-6-17(20)5-3-7-19(9-10-22)16(17)24/h11,22H,3-10,12H2,1-2H3. The van der Waals surface area contributed by atoms with Gasteiger partial charge in [0.2, 0.25) is 11.8 Å². The summed E-state index contributed by atoms with van der Waals surface area (Å²) >= 11 is 0. The molecule has 0 saturated carbocycles. The van der Waals surface area contributed by atoms with Gasteiger partial charge in [-0.1, -0.05) is 0 Å². The van der Waals surface area contributed by atoms with Crippen LogP contribution in [0.2, 0.25) is 0 Å². The lowest BCUT2D eigenvalue weighted by Gasteiger charge is -2.44. The molecule has 0 aromatic carbocycles. The monoisotopic (exact) mass is 334 g/mol. The van der Waals surface area contributed by atoms with E-state index in [-0.39, 0.29) is 25.0 Å². The van der Waals surface area contributed by atoms with Crippen molar-refractivity contribution in [3.63, 3.8) is 0 Å². The first kappa shape index (κ1) is 17.0. The summed E-state index contributed by atoms with van der Waals surface area (Å²) in [7, 11) is 0. The third-order valence-electron chi connectivity index (χ3n) is 5.25. The fourth-order valence-corrected chi connectivity index (χ4v) is 4.17. The maximum atomic E-state index is 13.0. The predicted molar refractivity (Wildman–Crippen MR) is 88.3 cm³/mol. The van der Waals surface area contributed by atoms with Gasteiger partial charge in [0.25, 0.3) is 0 Å². The molecule has 2 aliphatic rings. The summed E-state index contributed by atoms with van der Waals surface area (Å²) < 4.78 is 1.71. The van der Waals surface area contributed by atoms with Gasteiger partial charge in [0.1, 0.15) is 12.1 Å². The number of rotatable bonds is 4. The summed E-state index contributed by atoms with van der Waals surface area (Å²) in [5.74, 6) is -0.0417. The normalized spacial score (nSPS) is 24.2. The number of aliphatic hydroxyl groups is 1. The summed E-state index contributed by atoms with van der Waals surface area (Å²) in [6.07, 6.45) is 3.16. The second-order valence-electron chi connectivity index (χ2n) is 6.88. The highest BCUT2D eigenvalue weighted by Gasteiger charge is 2.52. The van der Waals surface area contributed by atoms with Gasteiger partial charge >= 0.3 is 0 Å². The summed E-state index contributed by atoms with van der Waals surface area (Å²) in [5, 5.41) is 13.5. The first-order chi connectivity index (χ1) is 11.5. The van der Waals surface area contributed by atoms with Gasteiger partial charge < -0.3 is 14.9 Å². The average Bonchev–Trinajstić information content (AvgIpc) is 3.09. The Labute approximate surface area is 142 Å². The van der Waals surface area contributed by atoms with Crippen LogP contribution in [-0.4, -0.2) is 68.3 Å². The number of aliphatic hydroxyl groups excluding tert-OH is 1. The third kappa shape index (κ3) is 2.81. The molecule has 0 aliphatic carbocycles. The second-order valence-corrected chi connectivity index (χ2v) is 6.88. The molecule has 1 aromatic rings. The molecule has 7 heteroatoms. The molecule has 3 rings (SSSR count). The van der Waals surface area contributed by atoms with Crippen LogP contribution in [0.3, 0.4) is 0 Å². The highest BCUT2D eigenvalue weighted by atomic mass is 16.3. The van der Waals surface area contributed by atoms with Crippen molar-refractivity contribution in [2.24, 2.45) is 0 Å². The number of carbonyl (C=O) groups excluding carboxylic acids is 2. The van der Waals surface area contributed by atoms with Crippen molar-refractivity contribution in [3.05, 3.63) is 17.5 Å². The topological polar surface area (TPSA) is 78.7 Å². The van der Waals surface area contributed by atoms with Crippen molar-refractivity contribution in [1.29, 1.82) is 0 Å². The zero-order valence-electron chi connectivity index (χ0n) is 14.5. The van der Waals surface area contributed by atoms with Crippen LogP contribution >= 0.6 is 0 Å². The van der Waals surface area contributed by atoms with Crippen LogP contribution in [0.25, 0.3) is 0 Å². The Balaban J connectivity index is 1.80. The Bertz CT molecular complexity index is 640. The number of aromatic nitrogens is 2. The highest BCUT2D eigenvalue weighted by Crippen LogP contribution is 2.38. The van der Waals surface area contributed by atoms with E-state index >= 15 is 0 Å². The summed E-state index contributed by atoms with van der Waals surface area (Å²) in [4.78, 5) is 29.4. The fourth-order valence-electron chi connectivity index (χ4n) is 4.17. The smallest absolute Gasteiger partial charge is 0.248 e. The zero-order chi connectivity index (χ0) is 17.3. The Kier molecular flexibility index (Phi) is 4.62. The number of hydrogen-bond donors (Lipinski definition) is 1. The molecule has 1 aromatic heterocycles. The molecule has 1 spiro atoms. The molecular formula is C17H26N4O3. The number of amides is 2. The lowest BCUT2D eigenvalue weighted by molar-refractivity contribution is -0.156. The van der Waals surface area contributed by atoms with E-state index in [1.54, 1.807) is 14.5 Å². The minimum absolute atomic E-state index is 0.00187. The Hall–Kier alpha value is -1.89. The molecule has 1 N–H and O–H groups in total. The molecule has 1 atom stereocenters. The van der Waals surface area contributed by atoms with Crippen molar-refractivity contribution in [2.45, 2.75) is 51.6 Å². The van der Waals surface area contributed by atoms with Crippen LogP contribution in [0.1, 0.15) is 37.1 Å². The molecule has 2 amide bonds. The number of likely N-dealkylation sites (tertiary alicyclic amines) is 2. The Morgan fingerprint density at radius 3 is 2.62 bits per heavy atom. The minimum atomic E-state index is -0.708. The van der Waals surface area contributed by atoms with Crippen LogP contribution in [-0.2, 0) is 16.1 Å². The van der Waals surface area contributed by atoms with E-state index in [1.165, 1.54) is 0 Å². The molecule has 0 radical (unpaired) electrons. The average molecular weight is 334 g/mol. The fraction of sp³-hybridized carbons (Fsp3) is 0.706. The van der Waals surface area contributed by atoms with Crippen molar-refractivity contribution in [1.82, 2.24) is 19.6 Å². The van der Waals surface area contributed by atoms with E-state index in [9.17, 15) is 14.7 Å². The van der Waals surface area contributed by atoms with Gasteiger partial charge in [-0.05, 0) is 45.6 Å². The molecule has 3 heterocycles. The second kappa shape index (κ2) is 6.55. The van der Waals surface area contributed by atoms with E-state index in [0.717, 1.165) is 37.1 Å². The summed E-state index contributed by atoms with van der Waals surface area (Å²) in [6, 6.07) is 1.95. The third-order valence-corrected chi connectivity index (χ3v) is 5.25. The van der Waals surface area contributed by atoms with Crippen LogP contribution in [0.4, 0.5) is 0 Å². The highest BCUT2D eigenvalue weighted by molar-refractivity contribution is 5.92. The van der Waals surface area contributed by atoms with Gasteiger partial charge in [0, 0.05) is 25.3 Å². The number of aryl methyl sites for hydroxylation is 2. The van der Waals surface area contributed by atoms with E-state index in [1.807, 2.05) is 19.9 Å². The van der Waals surface area contributed by atoms with Crippen LogP contribution in [0, 0.1) is 13.8 Å². The number of nitrogens with zero attached hydrogens (tertiary/aromatic N) is 4. The number of carbonyl (C=O) groups is 2. The minimum Gasteiger partial charge on any atom is -0.395 e. The summed E-state index contributed by atoms with van der Waals surface area (Å²) in [5.41, 5.74) is 1.13. The predicted octanol–water partition coefficient (Wildman–Crippen LogP) is 0.476. The lowest BCUT2D eigenvalue weighted by Crippen LogP contribution is -2.62. The first-order valence-corrected chi connectivity index (χ1v) is 8.70. The SMILES string of the molecule is Cc1cc(C)n(CC(=O)N2CCCC23CCCN(CCO)C3=O)n1. The van der Waals surface area contributed by atoms with Gasteiger partial charge in [-0.3, -0.25) is 14.3 Å². The molecule has 2 aliphatic heterocycles. The van der Waals surface area contributed by atoms with E-state index < -0.39 is 5.54 Å². The van der Waals surface area contributed by atoms with Gasteiger partial charge in [0.15, 0.2) is 0 Å². The molecule has 2 saturated heterocycles. The largest absolute Gasteiger partial charge is 0.395 e. The van der Waals surface area contributed by atoms with Gasteiger partial charge in [0.05, 0.1) is 12.3 Å². The Morgan fingerprint density at radius 1 is 1.29 bits per heavy atom. The molecule has 1 unspecified atom stereocenters. The molecule has 7 nitrogen and oxygen atoms in total. The van der Waals surface area contributed by atoms with Crippen LogP contribution < -0.4 is 0 Å². The molecule has 2 fully saturated rings. The number of piperidine rings is 1. The van der Waals surface area contributed by atoms with Crippen molar-refractivity contribution < 1.29 is 14.7 Å². The van der Waals surface area contributed by atoms with E-state index in [4.69, 9.17) is 0 Å². The van der Waals surface area contributed by atoms with Crippen molar-refractivity contribution in [2.75, 3.05) is 26.2 Å². The van der Waals surface area contributed by atoms with Gasteiger partial charge in [-0.25, -0.2) is 0 Å². The van der Waals surface area contributed by atoms with Crippen molar-refractivity contribution >= 4 is 11.8 Å². The summed E-state index contributed by atoms with van der Waals surface area (Å²) in [6.45, 7) is 5.61. The number of hydrogen-bond acceptors (Lipinski definition) is 4. The first-order valence-electron chi connectivity index (χ1n) is 8.70. The lowest BCUT2D eigenvalue weighted by atomic mass is 9.85. The van der Waals surface area contributed by atoms with Crippen LogP contribution in [0.15, 0.2) is 6.07 Å². The maximum Gasteiger partial charge on any atom is 0.248 e. The molecular weight excluding hydrogens is 308 g/mol. The van der Waals surface area contributed by atoms with Crippen molar-refractivity contribution in [3.8, 4) is 0 Å². The zero-order valence-corrected chi connectivity index (χ0v) is 14.5. The molecule has 0 bridgehead atoms. The van der Waals surface area contributed by atoms with Gasteiger partial charge in [-0.15, -0.1) is 0 Å². The van der Waals surface area contributed by atoms with Crippen LogP contribution in [0.5, 0.6) is 0 Å². The van der Waals surface area contributed by atoms with Gasteiger partial charge in [-0.2, -0.15) is 5.10 Å². The van der Waals surface area contributed by atoms with E-state index in [0.29, 0.717) is 19.6 Å². The number of β-amino-alcohol motifs (C(OH)–C–C–N with tert-alkyl or cyclic N) is 1. The maximum absolute atomic E-state index is 13.0. The molecule has 132 valence electrons.